The van der Waals surface area contributed by atoms with Crippen LogP contribution in [0, 0.1) is 11.3 Å². The number of nitriles is 1. The molecule has 0 amide bonds. The first-order chi connectivity index (χ1) is 20.0. The van der Waals surface area contributed by atoms with E-state index in [1.54, 1.807) is 42.5 Å². The summed E-state index contributed by atoms with van der Waals surface area (Å²) in [6, 6.07) is 29.1. The highest BCUT2D eigenvalue weighted by Crippen LogP contribution is 2.43. The number of nitrogens with zero attached hydrogens (tertiary/aromatic N) is 1. The number of hydrogen-bond donors (Lipinski definition) is 1. The van der Waals surface area contributed by atoms with E-state index >= 15 is 0 Å². The average molecular weight is 567 g/mol. The lowest BCUT2D eigenvalue weighted by molar-refractivity contribution is 0.0730. The number of hydrogen-bond acceptors (Lipinski definition) is 7. The van der Waals surface area contributed by atoms with Gasteiger partial charge < -0.3 is 24.7 Å². The Hall–Kier alpha value is -4.93. The van der Waals surface area contributed by atoms with Gasteiger partial charge >= 0.3 is 5.97 Å². The minimum absolute atomic E-state index is 0.00849. The van der Waals surface area contributed by atoms with Crippen LogP contribution in [0.3, 0.4) is 0 Å². The quantitative estimate of drug-likeness (QED) is 0.169. The van der Waals surface area contributed by atoms with Crippen LogP contribution in [0.25, 0.3) is 0 Å². The number of fused-ring (bicyclic) bond motifs is 1. The van der Waals surface area contributed by atoms with E-state index in [0.717, 1.165) is 17.5 Å². The van der Waals surface area contributed by atoms with Crippen molar-refractivity contribution in [3.05, 3.63) is 130 Å². The fourth-order valence-electron chi connectivity index (χ4n) is 4.51. The number of ether oxygens (including phenoxy) is 4. The lowest BCUT2D eigenvalue weighted by Gasteiger charge is -2.27. The largest absolute Gasteiger partial charge is 0.493 e. The lowest BCUT2D eigenvalue weighted by Crippen LogP contribution is -2.21. The van der Waals surface area contributed by atoms with Gasteiger partial charge in [-0.05, 0) is 48.4 Å². The van der Waals surface area contributed by atoms with E-state index in [2.05, 4.69) is 6.07 Å². The molecule has 4 aromatic carbocycles. The molecule has 1 unspecified atom stereocenters. The van der Waals surface area contributed by atoms with Crippen molar-refractivity contribution < 1.29 is 23.7 Å². The molecule has 206 valence electrons. The fourth-order valence-corrected chi connectivity index (χ4v) is 4.70. The highest BCUT2D eigenvalue weighted by Gasteiger charge is 2.31. The van der Waals surface area contributed by atoms with Gasteiger partial charge in [-0.1, -0.05) is 67.1 Å². The van der Waals surface area contributed by atoms with Crippen LogP contribution in [0.5, 0.6) is 23.0 Å². The van der Waals surface area contributed by atoms with Crippen molar-refractivity contribution in [1.82, 2.24) is 0 Å². The molecule has 0 bridgehead atoms. The van der Waals surface area contributed by atoms with Crippen LogP contribution in [0.15, 0.2) is 102 Å². The van der Waals surface area contributed by atoms with Crippen LogP contribution < -0.4 is 24.7 Å². The van der Waals surface area contributed by atoms with Crippen LogP contribution in [-0.4, -0.2) is 12.6 Å². The Balaban J connectivity index is 1.37. The molecule has 41 heavy (non-hydrogen) atoms. The third-order valence-electron chi connectivity index (χ3n) is 6.54. The van der Waals surface area contributed by atoms with Gasteiger partial charge in [0.15, 0.2) is 0 Å². The third-order valence-corrected chi connectivity index (χ3v) is 6.90. The van der Waals surface area contributed by atoms with Gasteiger partial charge in [0.05, 0.1) is 12.5 Å². The first-order valence-corrected chi connectivity index (χ1v) is 13.5. The topological polar surface area (TPSA) is 104 Å². The summed E-state index contributed by atoms with van der Waals surface area (Å²) >= 11 is 6.23. The van der Waals surface area contributed by atoms with E-state index in [1.807, 2.05) is 55.5 Å². The SMILES string of the molecule is CCCOc1ccccc1C(=O)Oc1ccc2c(c1)OC(N)=C(C#N)C2c1ccc(OCc2ccccc2Cl)cc1. The second kappa shape index (κ2) is 12.5. The Morgan fingerprint density at radius 1 is 0.976 bits per heavy atom. The van der Waals surface area contributed by atoms with Crippen LogP contribution in [0.1, 0.15) is 46.3 Å². The number of carbonyl (C=O) groups is 1. The molecular weight excluding hydrogens is 540 g/mol. The number of nitrogens with two attached hydrogens (primary N) is 1. The highest BCUT2D eigenvalue weighted by molar-refractivity contribution is 6.31. The Bertz CT molecular complexity index is 1640. The third kappa shape index (κ3) is 6.13. The standard InChI is InChI=1S/C33H27ClN2O5/c1-2-17-38-29-10-6-4-8-26(29)33(37)40-24-15-16-25-30(18-24)41-32(36)27(19-35)31(25)21-11-13-23(14-12-21)39-20-22-7-3-5-9-28(22)34/h3-16,18,31H,2,17,20,36H2,1H3. The summed E-state index contributed by atoms with van der Waals surface area (Å²) in [6.07, 6.45) is 0.810. The zero-order valence-corrected chi connectivity index (χ0v) is 23.1. The fraction of sp³-hybridized carbons (Fsp3) is 0.152. The predicted molar refractivity (Wildman–Crippen MR) is 155 cm³/mol. The van der Waals surface area contributed by atoms with Crippen LogP contribution in [-0.2, 0) is 6.61 Å². The van der Waals surface area contributed by atoms with Gasteiger partial charge in [0.25, 0.3) is 0 Å². The van der Waals surface area contributed by atoms with E-state index in [9.17, 15) is 10.1 Å². The van der Waals surface area contributed by atoms with E-state index in [0.29, 0.717) is 46.6 Å². The van der Waals surface area contributed by atoms with Crippen molar-refractivity contribution in [2.24, 2.45) is 5.73 Å². The molecule has 7 nitrogen and oxygen atoms in total. The van der Waals surface area contributed by atoms with E-state index in [1.165, 1.54) is 0 Å². The predicted octanol–water partition coefficient (Wildman–Crippen LogP) is 7.15. The molecule has 4 aromatic rings. The molecule has 0 aromatic heterocycles. The summed E-state index contributed by atoms with van der Waals surface area (Å²) in [5, 5.41) is 10.6. The van der Waals surface area contributed by atoms with Crippen molar-refractivity contribution in [2.45, 2.75) is 25.9 Å². The molecular formula is C33H27ClN2O5. The molecule has 1 aliphatic rings. The minimum Gasteiger partial charge on any atom is -0.493 e. The normalized spacial score (nSPS) is 13.9. The molecule has 0 saturated heterocycles. The molecule has 2 N–H and O–H groups in total. The second-order valence-electron chi connectivity index (χ2n) is 9.31. The Morgan fingerprint density at radius 2 is 1.71 bits per heavy atom. The number of esters is 1. The first kappa shape index (κ1) is 27.6. The summed E-state index contributed by atoms with van der Waals surface area (Å²) in [6.45, 7) is 2.80. The molecule has 0 spiro atoms. The van der Waals surface area contributed by atoms with Crippen LogP contribution in [0.2, 0.25) is 5.02 Å². The average Bonchev–Trinajstić information content (AvgIpc) is 2.99. The summed E-state index contributed by atoms with van der Waals surface area (Å²) in [5.74, 6) is 0.735. The van der Waals surface area contributed by atoms with Gasteiger partial charge in [-0.3, -0.25) is 0 Å². The van der Waals surface area contributed by atoms with Gasteiger partial charge in [-0.2, -0.15) is 5.26 Å². The van der Waals surface area contributed by atoms with E-state index in [-0.39, 0.29) is 17.2 Å². The number of rotatable bonds is 9. The summed E-state index contributed by atoms with van der Waals surface area (Å²) in [7, 11) is 0. The van der Waals surface area contributed by atoms with Crippen molar-refractivity contribution in [3.8, 4) is 29.1 Å². The summed E-state index contributed by atoms with van der Waals surface area (Å²) in [5.41, 5.74) is 9.20. The molecule has 0 fully saturated rings. The molecule has 1 aliphatic heterocycles. The molecule has 5 rings (SSSR count). The number of halogens is 1. The summed E-state index contributed by atoms with van der Waals surface area (Å²) < 4.78 is 23.1. The van der Waals surface area contributed by atoms with Crippen molar-refractivity contribution in [2.75, 3.05) is 6.61 Å². The smallest absolute Gasteiger partial charge is 0.347 e. The molecule has 0 saturated carbocycles. The molecule has 0 aliphatic carbocycles. The van der Waals surface area contributed by atoms with Crippen molar-refractivity contribution >= 4 is 17.6 Å². The maximum absolute atomic E-state index is 13.0. The molecule has 0 radical (unpaired) electrons. The van der Waals surface area contributed by atoms with Crippen LogP contribution in [0.4, 0.5) is 0 Å². The maximum atomic E-state index is 13.0. The monoisotopic (exact) mass is 566 g/mol. The van der Waals surface area contributed by atoms with Crippen LogP contribution >= 0.6 is 11.6 Å². The van der Waals surface area contributed by atoms with Crippen molar-refractivity contribution in [3.63, 3.8) is 0 Å². The molecule has 1 atom stereocenters. The summed E-state index contributed by atoms with van der Waals surface area (Å²) in [4.78, 5) is 13.0. The number of allylic oxidation sites excluding steroid dienone is 1. The highest BCUT2D eigenvalue weighted by atomic mass is 35.5. The lowest BCUT2D eigenvalue weighted by atomic mass is 9.83. The maximum Gasteiger partial charge on any atom is 0.347 e. The zero-order valence-electron chi connectivity index (χ0n) is 22.3. The molecule has 8 heteroatoms. The van der Waals surface area contributed by atoms with Gasteiger partial charge in [0.2, 0.25) is 5.88 Å². The Kier molecular flexibility index (Phi) is 8.42. The number of benzene rings is 4. The minimum atomic E-state index is -0.558. The van der Waals surface area contributed by atoms with Gasteiger partial charge in [0, 0.05) is 22.2 Å². The Labute approximate surface area is 243 Å². The van der Waals surface area contributed by atoms with E-state index < -0.39 is 11.9 Å². The second-order valence-corrected chi connectivity index (χ2v) is 9.71. The van der Waals surface area contributed by atoms with Gasteiger partial charge in [-0.25, -0.2) is 4.79 Å². The molecule has 1 heterocycles. The van der Waals surface area contributed by atoms with Gasteiger partial charge in [-0.15, -0.1) is 0 Å². The first-order valence-electron chi connectivity index (χ1n) is 13.1. The number of para-hydroxylation sites is 1. The zero-order chi connectivity index (χ0) is 28.8. The van der Waals surface area contributed by atoms with Gasteiger partial charge in [0.1, 0.15) is 46.8 Å². The van der Waals surface area contributed by atoms with Crippen molar-refractivity contribution in [1.29, 1.82) is 5.26 Å². The Morgan fingerprint density at radius 3 is 2.46 bits per heavy atom. The van der Waals surface area contributed by atoms with E-state index in [4.69, 9.17) is 36.3 Å². The number of carbonyl (C=O) groups excluding carboxylic acids is 1.